The topological polar surface area (TPSA) is 57.9 Å². The molecule has 2 aromatic heterocycles. The van der Waals surface area contributed by atoms with E-state index in [9.17, 15) is 9.59 Å². The molecule has 10 heteroatoms. The third-order valence-electron chi connectivity index (χ3n) is 5.70. The monoisotopic (exact) mass is 538 g/mol. The van der Waals surface area contributed by atoms with Crippen molar-refractivity contribution in [2.24, 2.45) is 0 Å². The molecule has 35 heavy (non-hydrogen) atoms. The molecule has 2 aliphatic heterocycles. The van der Waals surface area contributed by atoms with Crippen molar-refractivity contribution in [1.82, 2.24) is 18.6 Å². The predicted octanol–water partition coefficient (Wildman–Crippen LogP) is 6.15. The average molecular weight is 539 g/mol. The van der Waals surface area contributed by atoms with Crippen molar-refractivity contribution in [3.63, 3.8) is 0 Å². The van der Waals surface area contributed by atoms with Crippen molar-refractivity contribution < 1.29 is 4.79 Å². The van der Waals surface area contributed by atoms with Crippen LogP contribution in [0.2, 0.25) is 10.0 Å². The van der Waals surface area contributed by atoms with E-state index < -0.39 is 0 Å². The molecule has 4 heterocycles. The summed E-state index contributed by atoms with van der Waals surface area (Å²) in [6.07, 6.45) is 10.2. The quantitative estimate of drug-likeness (QED) is 0.290. The van der Waals surface area contributed by atoms with Gasteiger partial charge in [0.05, 0.1) is 28.8 Å². The van der Waals surface area contributed by atoms with Crippen LogP contribution in [-0.2, 0) is 6.54 Å². The molecule has 0 atom stereocenters. The smallest absolute Gasteiger partial charge is 0.281 e. The van der Waals surface area contributed by atoms with E-state index in [2.05, 4.69) is 27.1 Å². The number of carbonyl (C=O) groups excluding carboxylic acids is 1. The van der Waals surface area contributed by atoms with Crippen LogP contribution in [-0.4, -0.2) is 30.4 Å². The maximum Gasteiger partial charge on any atom is 0.281 e. The van der Waals surface area contributed by atoms with Gasteiger partial charge in [0, 0.05) is 39.3 Å². The summed E-state index contributed by atoms with van der Waals surface area (Å²) in [4.78, 5) is 35.1. The summed E-state index contributed by atoms with van der Waals surface area (Å²) in [5.41, 5.74) is 3.09. The van der Waals surface area contributed by atoms with Crippen LogP contribution < -0.4 is 5.56 Å². The van der Waals surface area contributed by atoms with Gasteiger partial charge in [-0.15, -0.1) is 0 Å². The van der Waals surface area contributed by atoms with E-state index in [0.29, 0.717) is 38.7 Å². The van der Waals surface area contributed by atoms with Gasteiger partial charge in [-0.05, 0) is 65.9 Å². The highest BCUT2D eigenvalue weighted by Crippen LogP contribution is 2.31. The zero-order valence-electron chi connectivity index (χ0n) is 18.0. The van der Waals surface area contributed by atoms with Crippen molar-refractivity contribution in [2.75, 3.05) is 6.67 Å². The van der Waals surface area contributed by atoms with Crippen LogP contribution in [0.4, 0.5) is 0 Å². The molecule has 2 aromatic carbocycles. The summed E-state index contributed by atoms with van der Waals surface area (Å²) in [5, 5.41) is 3.04. The van der Waals surface area contributed by atoms with Crippen molar-refractivity contribution >= 4 is 68.2 Å². The number of rotatable bonds is 4. The van der Waals surface area contributed by atoms with E-state index in [0.717, 1.165) is 34.6 Å². The van der Waals surface area contributed by atoms with Crippen LogP contribution in [0, 0.1) is 0 Å². The normalized spacial score (nSPS) is 14.7. The Hall–Kier alpha value is -3.04. The molecule has 4 aromatic rings. The first-order chi connectivity index (χ1) is 16.9. The van der Waals surface area contributed by atoms with Crippen LogP contribution in [0.25, 0.3) is 16.6 Å². The number of benzene rings is 2. The number of aromatic nitrogens is 2. The Balaban J connectivity index is 1.28. The first-order valence-corrected chi connectivity index (χ1v) is 13.0. The minimum absolute atomic E-state index is 0.207. The van der Waals surface area contributed by atoms with Gasteiger partial charge in [0.2, 0.25) is 5.12 Å². The van der Waals surface area contributed by atoms with Gasteiger partial charge in [-0.1, -0.05) is 40.8 Å². The van der Waals surface area contributed by atoms with Gasteiger partial charge in [0.15, 0.2) is 5.65 Å². The summed E-state index contributed by atoms with van der Waals surface area (Å²) in [6, 6.07) is 10.7. The molecule has 0 spiro atoms. The summed E-state index contributed by atoms with van der Waals surface area (Å²) in [6.45, 7) is 1.42. The first-order valence-electron chi connectivity index (χ1n) is 10.6. The van der Waals surface area contributed by atoms with Crippen LogP contribution >= 0.6 is 46.5 Å². The zero-order chi connectivity index (χ0) is 24.1. The lowest BCUT2D eigenvalue weighted by Crippen LogP contribution is -2.23. The Morgan fingerprint density at radius 1 is 1.11 bits per heavy atom. The van der Waals surface area contributed by atoms with Gasteiger partial charge >= 0.3 is 0 Å². The molecule has 0 bridgehead atoms. The molecule has 0 saturated heterocycles. The molecule has 0 N–H and O–H groups in total. The fourth-order valence-corrected chi connectivity index (χ4v) is 6.53. The molecule has 0 fully saturated rings. The third kappa shape index (κ3) is 4.27. The Morgan fingerprint density at radius 3 is 2.86 bits per heavy atom. The van der Waals surface area contributed by atoms with Crippen molar-refractivity contribution in [3.8, 4) is 0 Å². The van der Waals surface area contributed by atoms with E-state index in [-0.39, 0.29) is 10.7 Å². The number of thioether (sulfide) groups is 1. The van der Waals surface area contributed by atoms with Crippen LogP contribution in [0.5, 0.6) is 0 Å². The Labute approximate surface area is 218 Å². The average Bonchev–Trinajstić information content (AvgIpc) is 3.42. The summed E-state index contributed by atoms with van der Waals surface area (Å²) in [7, 11) is 0. The minimum Gasteiger partial charge on any atom is -0.353 e. The van der Waals surface area contributed by atoms with Crippen molar-refractivity contribution in [1.29, 1.82) is 0 Å². The SMILES string of the molecule is O=C(Sc1cc(Cl)cc(CN2C=C3C=CC=CN3C2)c1)c1csn2c1nc(=O)c1ccc(Cl)cc12. The fourth-order valence-electron chi connectivity index (χ4n) is 4.17. The van der Waals surface area contributed by atoms with Crippen molar-refractivity contribution in [3.05, 3.63) is 110 Å². The second-order valence-electron chi connectivity index (χ2n) is 8.13. The van der Waals surface area contributed by atoms with Crippen LogP contribution in [0.1, 0.15) is 15.9 Å². The fraction of sp³-hybridized carbons (Fsp3) is 0.0800. The minimum atomic E-state index is -0.389. The van der Waals surface area contributed by atoms with Crippen LogP contribution in [0.3, 0.4) is 0 Å². The number of fused-ring (bicyclic) bond motifs is 4. The zero-order valence-corrected chi connectivity index (χ0v) is 21.2. The highest BCUT2D eigenvalue weighted by Gasteiger charge is 2.21. The lowest BCUT2D eigenvalue weighted by atomic mass is 10.2. The molecule has 0 unspecified atom stereocenters. The Morgan fingerprint density at radius 2 is 2.00 bits per heavy atom. The molecule has 6 rings (SSSR count). The molecule has 0 saturated carbocycles. The number of carbonyl (C=O) groups is 1. The number of halogens is 2. The second-order valence-corrected chi connectivity index (χ2v) is 10.9. The molecule has 174 valence electrons. The lowest BCUT2D eigenvalue weighted by molar-refractivity contribution is 0.109. The largest absolute Gasteiger partial charge is 0.353 e. The molecule has 2 aliphatic rings. The van der Waals surface area contributed by atoms with E-state index >= 15 is 0 Å². The third-order valence-corrected chi connectivity index (χ3v) is 7.95. The highest BCUT2D eigenvalue weighted by atomic mass is 35.5. The second kappa shape index (κ2) is 8.87. The number of hydrogen-bond donors (Lipinski definition) is 0. The predicted molar refractivity (Wildman–Crippen MR) is 142 cm³/mol. The number of hydrogen-bond acceptors (Lipinski definition) is 7. The molecule has 6 nitrogen and oxygen atoms in total. The van der Waals surface area contributed by atoms with Crippen LogP contribution in [0.15, 0.2) is 87.8 Å². The standard InChI is InChI=1S/C25H16Cl2N4O2S2/c26-16-4-5-20-22(10-16)31-23(28-24(20)32)21(13-34-31)25(33)35-19-8-15(7-17(27)9-19)11-29-12-18-3-1-2-6-30(18)14-29/h1-10,12-13H,11,14H2. The maximum absolute atomic E-state index is 13.2. The van der Waals surface area contributed by atoms with E-state index in [1.807, 2.05) is 30.5 Å². The lowest BCUT2D eigenvalue weighted by Gasteiger charge is -2.21. The highest BCUT2D eigenvalue weighted by molar-refractivity contribution is 8.14. The van der Waals surface area contributed by atoms with Crippen molar-refractivity contribution in [2.45, 2.75) is 11.4 Å². The Kier molecular flexibility index (Phi) is 5.69. The summed E-state index contributed by atoms with van der Waals surface area (Å²) >= 11 is 14.9. The van der Waals surface area contributed by atoms with Gasteiger partial charge in [0.1, 0.15) is 0 Å². The molecule has 0 radical (unpaired) electrons. The molecule has 0 amide bonds. The summed E-state index contributed by atoms with van der Waals surface area (Å²) in [5.74, 6) is 0. The van der Waals surface area contributed by atoms with Gasteiger partial charge in [-0.3, -0.25) is 9.59 Å². The molecular weight excluding hydrogens is 523 g/mol. The summed E-state index contributed by atoms with van der Waals surface area (Å²) < 4.78 is 1.76. The maximum atomic E-state index is 13.2. The number of allylic oxidation sites excluding steroid dienone is 3. The first kappa shape index (κ1) is 22.4. The van der Waals surface area contributed by atoms with Gasteiger partial charge in [-0.2, -0.15) is 4.98 Å². The van der Waals surface area contributed by atoms with E-state index in [4.69, 9.17) is 23.2 Å². The van der Waals surface area contributed by atoms with E-state index in [1.54, 1.807) is 33.4 Å². The molecular formula is C25H16Cl2N4O2S2. The van der Waals surface area contributed by atoms with Gasteiger partial charge in [0.25, 0.3) is 5.56 Å². The van der Waals surface area contributed by atoms with Gasteiger partial charge in [-0.25, -0.2) is 3.79 Å². The Bertz CT molecular complexity index is 1670. The molecule has 0 aliphatic carbocycles. The number of nitrogens with zero attached hydrogens (tertiary/aromatic N) is 4. The van der Waals surface area contributed by atoms with E-state index in [1.165, 1.54) is 11.5 Å². The van der Waals surface area contributed by atoms with Gasteiger partial charge < -0.3 is 9.80 Å².